The summed E-state index contributed by atoms with van der Waals surface area (Å²) in [5, 5.41) is 55.7. The van der Waals surface area contributed by atoms with Gasteiger partial charge in [0.25, 0.3) is 22.9 Å². The van der Waals surface area contributed by atoms with Gasteiger partial charge in [-0.05, 0) is 157 Å². The summed E-state index contributed by atoms with van der Waals surface area (Å²) in [6, 6.07) is 5.34. The first-order chi connectivity index (χ1) is 57.3. The van der Waals surface area contributed by atoms with Crippen LogP contribution >= 0.6 is 48.9 Å². The molecule has 11 rings (SSSR count). The average Bonchev–Trinajstić information content (AvgIpc) is 1.73. The van der Waals surface area contributed by atoms with Crippen molar-refractivity contribution in [1.29, 1.82) is 5.26 Å². The molecule has 38 nitrogen and oxygen atoms in total. The fourth-order valence-corrected chi connectivity index (χ4v) is 12.3. The van der Waals surface area contributed by atoms with Crippen molar-refractivity contribution in [2.24, 2.45) is 5.92 Å². The number of aromatic nitrogens is 10. The van der Waals surface area contributed by atoms with Crippen molar-refractivity contribution in [3.8, 4) is 17.6 Å². The Morgan fingerprint density at radius 1 is 0.512 bits per heavy atom. The van der Waals surface area contributed by atoms with Crippen molar-refractivity contribution in [2.45, 2.75) is 266 Å². The molecule has 5 N–H and O–H groups in total. The van der Waals surface area contributed by atoms with E-state index in [4.69, 9.17) is 77.7 Å². The summed E-state index contributed by atoms with van der Waals surface area (Å²) < 4.78 is 20.7. The Hall–Kier alpha value is -10.8. The minimum Gasteiger partial charge on any atom is -0.502 e. The number of carbonyl (C=O) groups excluding carboxylic acids is 7. The smallest absolute Gasteiger partial charge is 0.327 e. The maximum atomic E-state index is 11.6. The maximum Gasteiger partial charge on any atom is 0.327 e. The zero-order valence-corrected chi connectivity index (χ0v) is 80.0. The number of aromatic amines is 3. The van der Waals surface area contributed by atoms with Crippen LogP contribution in [0.2, 0.25) is 0 Å². The topological polar surface area (TPSA) is 467 Å². The van der Waals surface area contributed by atoms with E-state index in [1.165, 1.54) is 39.4 Å². The number of nitrogens with one attached hydrogen (secondary N) is 3. The van der Waals surface area contributed by atoms with Crippen LogP contribution < -0.4 is 22.0 Å². The van der Waals surface area contributed by atoms with Crippen LogP contribution in [0.15, 0.2) is 80.6 Å². The average molecular weight is 1800 g/mol. The predicted octanol–water partition coefficient (Wildman–Crippen LogP) is 11.8. The van der Waals surface area contributed by atoms with E-state index in [2.05, 4.69) is 76.7 Å². The van der Waals surface area contributed by atoms with E-state index in [0.29, 0.717) is 65.4 Å². The lowest BCUT2D eigenvalue weighted by Crippen LogP contribution is -2.37. The molecule has 0 aromatic carbocycles. The molecule has 5 saturated heterocycles. The standard InChI is InChI=1S/C8H14N2O2.2C8H14N2OS.C8H14N2S2.2C8H10O3.C7H12N2O2.2C6H9NO2.C6H9NO.2C4H8N4/c1-4-9-5-7(11)10(6(2)3)8(9)12;1-4-9-5-7(12)10(6(2)3)8(9)11;2*1-4-9-5-7(11)10(6(2)3)8(9)12;1-5(2)8-3-6(9)7(10)4-11-8;1-5(2)6-3-11-4-7(9)8(6)10;1-5(2)9-6(10)4-8(3)7(9)11;1-4(2)5-3-9-7-6(5)8;1-4(2)5-3-6(8)7-9-5;1-5(2)6(8)3-4-7;1-4(2)8-3-5-6-7-8;1-3(2)4-5-7-8-6-4/h4*6H,4-5H2,1-3H3;3-5,10H,1-2H3;3-5,9H,1-2H3;5H,4H2,1-3H3;2*3-4H,1-2H3,(H,7,8);5H,3H2,1-2H3;3-4H,1-2H3;3H,1-2H3,(H,5,6,7,8). The lowest BCUT2D eigenvalue weighted by atomic mass is 10.1. The predicted molar refractivity (Wildman–Crippen MR) is 483 cm³/mol. The minimum atomic E-state index is -0.389. The van der Waals surface area contributed by atoms with Crippen LogP contribution in [0.25, 0.3) is 0 Å². The van der Waals surface area contributed by atoms with Gasteiger partial charge in [-0.2, -0.15) is 20.8 Å². The number of imide groups is 2. The van der Waals surface area contributed by atoms with E-state index in [9.17, 15) is 52.7 Å². The van der Waals surface area contributed by atoms with Crippen LogP contribution in [-0.4, -0.2) is 268 Å². The van der Waals surface area contributed by atoms with Crippen LogP contribution in [0.1, 0.15) is 264 Å². The molecule has 11 heterocycles. The number of rotatable bonds is 17. The summed E-state index contributed by atoms with van der Waals surface area (Å²) >= 11 is 20.8. The van der Waals surface area contributed by atoms with Gasteiger partial charge in [0, 0.05) is 111 Å². The molecule has 5 aliphatic heterocycles. The van der Waals surface area contributed by atoms with Crippen molar-refractivity contribution in [1.82, 2.24) is 100 Å². The Labute approximate surface area is 742 Å². The number of amides is 9. The van der Waals surface area contributed by atoms with E-state index in [1.54, 1.807) is 57.6 Å². The molecule has 0 atom stereocenters. The van der Waals surface area contributed by atoms with E-state index in [1.807, 2.05) is 169 Å². The van der Waals surface area contributed by atoms with Gasteiger partial charge in [-0.1, -0.05) is 113 Å². The molecule has 42 heteroatoms. The first-order valence-electron chi connectivity index (χ1n) is 40.6. The van der Waals surface area contributed by atoms with Crippen LogP contribution in [0.3, 0.4) is 0 Å². The Kier molecular flexibility index (Phi) is 51.1. The number of urea groups is 3. The van der Waals surface area contributed by atoms with Crippen molar-refractivity contribution in [3.63, 3.8) is 0 Å². The summed E-state index contributed by atoms with van der Waals surface area (Å²) in [5.74, 6) is 2.51. The highest BCUT2D eigenvalue weighted by atomic mass is 32.1. The van der Waals surface area contributed by atoms with E-state index in [0.717, 1.165) is 59.6 Å². The van der Waals surface area contributed by atoms with Gasteiger partial charge < -0.3 is 57.5 Å². The number of hydrogen-bond donors (Lipinski definition) is 5. The van der Waals surface area contributed by atoms with E-state index in [-0.39, 0.29) is 148 Å². The largest absolute Gasteiger partial charge is 0.502 e. The Morgan fingerprint density at radius 2 is 0.976 bits per heavy atom. The lowest BCUT2D eigenvalue weighted by molar-refractivity contribution is -0.127. The zero-order chi connectivity index (χ0) is 94.9. The van der Waals surface area contributed by atoms with Gasteiger partial charge in [0.2, 0.25) is 16.8 Å². The number of tetrazole rings is 2. The first-order valence-corrected chi connectivity index (χ1v) is 42.2. The Bertz CT molecular complexity index is 4350. The molecule has 0 bridgehead atoms. The second-order valence-electron chi connectivity index (χ2n) is 31.3. The lowest BCUT2D eigenvalue weighted by Gasteiger charge is -2.23. The van der Waals surface area contributed by atoms with Gasteiger partial charge in [0.1, 0.15) is 65.5 Å². The number of likely N-dealkylation sites (N-methyl/N-ethyl adjacent to an activating group) is 5. The normalized spacial score (nSPS) is 14.2. The fourth-order valence-electron chi connectivity index (χ4n) is 10.3. The molecular weight excluding hydrogens is 1670 g/mol. The highest BCUT2D eigenvalue weighted by Crippen LogP contribution is 2.20. The summed E-state index contributed by atoms with van der Waals surface area (Å²) in [6.07, 6.45) is 6.58. The quantitative estimate of drug-likeness (QED) is 0.0418. The highest BCUT2D eigenvalue weighted by molar-refractivity contribution is 7.82. The third-order valence-electron chi connectivity index (χ3n) is 17.5. The Balaban J connectivity index is 0.00000132. The molecule has 686 valence electrons. The summed E-state index contributed by atoms with van der Waals surface area (Å²) in [6.45, 7) is 59.9. The molecule has 0 spiro atoms. The van der Waals surface area contributed by atoms with Crippen molar-refractivity contribution >= 4 is 111 Å². The molecule has 5 aliphatic rings. The van der Waals surface area contributed by atoms with Crippen LogP contribution in [0.5, 0.6) is 11.5 Å². The number of thiocarbonyl (C=S) groups is 4. The molecule has 123 heavy (non-hydrogen) atoms. The molecule has 0 aliphatic carbocycles. The summed E-state index contributed by atoms with van der Waals surface area (Å²) in [5.41, 5.74) is 0.190. The number of nitriles is 1. The molecule has 0 radical (unpaired) electrons. The number of H-pyrrole nitrogens is 3. The van der Waals surface area contributed by atoms with Gasteiger partial charge in [0.15, 0.2) is 27.5 Å². The van der Waals surface area contributed by atoms with Crippen molar-refractivity contribution in [3.05, 3.63) is 113 Å². The number of ketones is 1. The molecule has 0 saturated carbocycles. The van der Waals surface area contributed by atoms with Gasteiger partial charge in [-0.3, -0.25) is 58.0 Å². The monoisotopic (exact) mass is 1800 g/mol. The highest BCUT2D eigenvalue weighted by Gasteiger charge is 2.38. The number of nitrogens with zero attached hydrogens (tertiary/aromatic N) is 18. The molecule has 6 aromatic heterocycles. The third kappa shape index (κ3) is 37.4. The number of aromatic hydroxyl groups is 2. The zero-order valence-electron chi connectivity index (χ0n) is 76.7. The van der Waals surface area contributed by atoms with Gasteiger partial charge in [0.05, 0.1) is 44.0 Å². The summed E-state index contributed by atoms with van der Waals surface area (Å²) in [4.78, 5) is 140. The van der Waals surface area contributed by atoms with Gasteiger partial charge >= 0.3 is 18.1 Å². The van der Waals surface area contributed by atoms with Crippen molar-refractivity contribution < 1.29 is 61.7 Å². The van der Waals surface area contributed by atoms with Crippen LogP contribution in [-0.2, 0) is 19.2 Å². The molecule has 0 unspecified atom stereocenters. The SMILES string of the molecule is CC(C)C(=O)CC#N.CC(C)N1C(=O)CN(C)C1=O.CC(C)c1cc(=O)[nH]o1.CC(C)c1cc(=O)c(O)co1.CC(C)c1co[nH]c1=O.CC(C)c1cocc(O)c1=O.CC(C)c1nn[nH]n1.CC(C)n1cnnn1.CCN1CC(=O)N(C(C)C)C1=O.CCN1CC(=O)N(C(C)C)C1=S.CCN1CC(=S)N(C(C)C)C1=O.CCN1CC(=S)N(C(C)C)C1=S. The number of carbonyl (C=O) groups is 7. The second-order valence-corrected chi connectivity index (χ2v) is 33.0. The molecule has 9 amide bonds. The Morgan fingerprint density at radius 3 is 1.24 bits per heavy atom. The third-order valence-corrected chi connectivity index (χ3v) is 19.0. The van der Waals surface area contributed by atoms with Gasteiger partial charge in [-0.25, -0.2) is 19.1 Å². The van der Waals surface area contributed by atoms with E-state index < -0.39 is 0 Å². The minimum absolute atomic E-state index is 0.00894. The molecular formula is C81H131N21O17S4. The number of Topliss-reactive ketones (excluding diaryl/α,β-unsaturated/α-hetero) is 1. The first kappa shape index (κ1) is 112. The summed E-state index contributed by atoms with van der Waals surface area (Å²) in [7, 11) is 1.63. The van der Waals surface area contributed by atoms with Gasteiger partial charge in [-0.15, -0.1) is 15.3 Å². The fraction of sp³-hybridized carbons (Fsp3) is 0.630. The maximum absolute atomic E-state index is 11.6. The van der Waals surface area contributed by atoms with Crippen LogP contribution in [0.4, 0.5) is 14.4 Å². The number of hydrogen-bond acceptors (Lipinski definition) is 28. The molecule has 6 aromatic rings. The second kappa shape index (κ2) is 56.1. The van der Waals surface area contributed by atoms with Crippen LogP contribution in [0, 0.1) is 17.2 Å². The van der Waals surface area contributed by atoms with E-state index >= 15 is 0 Å². The van der Waals surface area contributed by atoms with Crippen molar-refractivity contribution in [2.75, 3.05) is 66.0 Å². The molecule has 5 fully saturated rings.